The highest BCUT2D eigenvalue weighted by atomic mass is 16.5. The largest absolute Gasteiger partial charge is 0.495 e. The van der Waals surface area contributed by atoms with Gasteiger partial charge in [-0.3, -0.25) is 9.69 Å². The number of hydrogen-bond acceptors (Lipinski definition) is 6. The average Bonchev–Trinajstić information content (AvgIpc) is 2.84. The summed E-state index contributed by atoms with van der Waals surface area (Å²) in [7, 11) is 1.72. The molecule has 0 aromatic heterocycles. The number of aliphatic hydroxyl groups is 1. The van der Waals surface area contributed by atoms with E-state index in [4.69, 9.17) is 9.47 Å². The minimum absolute atomic E-state index is 0.0350. The van der Waals surface area contributed by atoms with Gasteiger partial charge < -0.3 is 24.8 Å². The second-order valence-electron chi connectivity index (χ2n) is 9.46. The molecule has 3 atom stereocenters. The summed E-state index contributed by atoms with van der Waals surface area (Å²) in [4.78, 5) is 17.6. The van der Waals surface area contributed by atoms with Gasteiger partial charge in [0.15, 0.2) is 6.10 Å². The topological polar surface area (TPSA) is 74.3 Å². The van der Waals surface area contributed by atoms with Crippen molar-refractivity contribution in [3.05, 3.63) is 24.3 Å². The van der Waals surface area contributed by atoms with E-state index >= 15 is 0 Å². The van der Waals surface area contributed by atoms with Gasteiger partial charge in [0.25, 0.3) is 5.91 Å². The van der Waals surface area contributed by atoms with E-state index in [2.05, 4.69) is 27.2 Å². The molecular weight excluding hydrogens is 406 g/mol. The van der Waals surface area contributed by atoms with Crippen molar-refractivity contribution < 1.29 is 19.4 Å². The van der Waals surface area contributed by atoms with Gasteiger partial charge in [-0.05, 0) is 44.2 Å². The fraction of sp³-hybridized carbons (Fsp3) is 0.720. The van der Waals surface area contributed by atoms with E-state index in [0.717, 1.165) is 69.8 Å². The Kier molecular flexibility index (Phi) is 8.27. The van der Waals surface area contributed by atoms with Crippen LogP contribution in [0.2, 0.25) is 0 Å². The molecule has 32 heavy (non-hydrogen) atoms. The fourth-order valence-electron chi connectivity index (χ4n) is 5.28. The summed E-state index contributed by atoms with van der Waals surface area (Å²) in [6.45, 7) is 4.89. The van der Waals surface area contributed by atoms with E-state index in [9.17, 15) is 9.90 Å². The summed E-state index contributed by atoms with van der Waals surface area (Å²) in [5.74, 6) is 0.798. The highest BCUT2D eigenvalue weighted by Gasteiger charge is 2.36. The van der Waals surface area contributed by atoms with Crippen LogP contribution in [0, 0.1) is 0 Å². The Balaban J connectivity index is 1.21. The lowest BCUT2D eigenvalue weighted by Gasteiger charge is -2.38. The van der Waals surface area contributed by atoms with Crippen molar-refractivity contribution >= 4 is 11.6 Å². The Morgan fingerprint density at radius 2 is 1.84 bits per heavy atom. The highest BCUT2D eigenvalue weighted by Crippen LogP contribution is 2.29. The molecule has 7 nitrogen and oxygen atoms in total. The van der Waals surface area contributed by atoms with Gasteiger partial charge in [0, 0.05) is 38.8 Å². The summed E-state index contributed by atoms with van der Waals surface area (Å²) < 4.78 is 11.6. The van der Waals surface area contributed by atoms with Gasteiger partial charge in [0.05, 0.1) is 25.0 Å². The van der Waals surface area contributed by atoms with E-state index < -0.39 is 12.2 Å². The lowest BCUT2D eigenvalue weighted by Crippen LogP contribution is -2.52. The van der Waals surface area contributed by atoms with E-state index in [0.29, 0.717) is 6.42 Å². The van der Waals surface area contributed by atoms with Gasteiger partial charge in [0.1, 0.15) is 5.75 Å². The molecule has 7 heteroatoms. The third kappa shape index (κ3) is 5.94. The number of hydrogen-bond donors (Lipinski definition) is 2. The smallest absolute Gasteiger partial charge is 0.252 e. The first-order valence-electron chi connectivity index (χ1n) is 12.4. The number of rotatable bonds is 7. The molecule has 4 rings (SSSR count). The first kappa shape index (κ1) is 23.3. The zero-order chi connectivity index (χ0) is 22.3. The third-order valence-electron chi connectivity index (χ3n) is 7.25. The predicted molar refractivity (Wildman–Crippen MR) is 125 cm³/mol. The molecular formula is C25H39N3O4. The zero-order valence-electron chi connectivity index (χ0n) is 19.4. The number of amides is 1. The Morgan fingerprint density at radius 3 is 2.59 bits per heavy atom. The molecule has 1 aromatic carbocycles. The molecule has 0 spiro atoms. The summed E-state index contributed by atoms with van der Waals surface area (Å²) in [6.07, 6.45) is 6.64. The summed E-state index contributed by atoms with van der Waals surface area (Å²) in [6, 6.07) is 8.43. The van der Waals surface area contributed by atoms with Crippen molar-refractivity contribution in [2.45, 2.75) is 75.7 Å². The SMILES string of the molecule is COc1ccccc1N1CCN(CCC2CCC(O)C(C(=O)NC3CCCCC3)O2)CC1. The van der Waals surface area contributed by atoms with Crippen molar-refractivity contribution in [1.29, 1.82) is 0 Å². The number of carbonyl (C=O) groups excluding carboxylic acids is 1. The fourth-order valence-corrected chi connectivity index (χ4v) is 5.28. The van der Waals surface area contributed by atoms with Crippen LogP contribution in [0.1, 0.15) is 51.4 Å². The Bertz CT molecular complexity index is 732. The van der Waals surface area contributed by atoms with Gasteiger partial charge in [-0.1, -0.05) is 31.4 Å². The molecule has 1 saturated carbocycles. The minimum Gasteiger partial charge on any atom is -0.495 e. The van der Waals surface area contributed by atoms with Gasteiger partial charge in [-0.15, -0.1) is 0 Å². The van der Waals surface area contributed by atoms with Crippen molar-refractivity contribution in [2.75, 3.05) is 44.7 Å². The summed E-state index contributed by atoms with van der Waals surface area (Å²) in [5, 5.41) is 13.5. The molecule has 1 aliphatic carbocycles. The van der Waals surface area contributed by atoms with Crippen LogP contribution < -0.4 is 15.0 Å². The second kappa shape index (κ2) is 11.3. The predicted octanol–water partition coefficient (Wildman–Crippen LogP) is 2.56. The maximum absolute atomic E-state index is 12.7. The summed E-state index contributed by atoms with van der Waals surface area (Å²) >= 11 is 0. The van der Waals surface area contributed by atoms with Gasteiger partial charge in [-0.25, -0.2) is 0 Å². The number of carbonyl (C=O) groups is 1. The lowest BCUT2D eigenvalue weighted by molar-refractivity contribution is -0.159. The van der Waals surface area contributed by atoms with E-state index in [1.807, 2.05) is 12.1 Å². The number of methoxy groups -OCH3 is 1. The maximum Gasteiger partial charge on any atom is 0.252 e. The van der Waals surface area contributed by atoms with Gasteiger partial charge in [0.2, 0.25) is 0 Å². The van der Waals surface area contributed by atoms with Crippen LogP contribution in [-0.2, 0) is 9.53 Å². The first-order valence-corrected chi connectivity index (χ1v) is 12.4. The van der Waals surface area contributed by atoms with Crippen LogP contribution in [0.25, 0.3) is 0 Å². The molecule has 178 valence electrons. The first-order chi connectivity index (χ1) is 15.6. The van der Waals surface area contributed by atoms with Crippen LogP contribution in [0.4, 0.5) is 5.69 Å². The maximum atomic E-state index is 12.7. The van der Waals surface area contributed by atoms with Crippen LogP contribution in [0.15, 0.2) is 24.3 Å². The molecule has 1 amide bonds. The van der Waals surface area contributed by atoms with Crippen molar-refractivity contribution in [3.8, 4) is 5.75 Å². The van der Waals surface area contributed by atoms with Gasteiger partial charge in [-0.2, -0.15) is 0 Å². The Hall–Kier alpha value is -1.83. The number of piperazine rings is 1. The number of nitrogens with one attached hydrogen (secondary N) is 1. The number of benzene rings is 1. The molecule has 2 N–H and O–H groups in total. The molecule has 1 aromatic rings. The molecule has 3 unspecified atom stereocenters. The molecule has 3 fully saturated rings. The molecule has 2 heterocycles. The number of aliphatic hydroxyl groups excluding tert-OH is 1. The van der Waals surface area contributed by atoms with E-state index in [-0.39, 0.29) is 18.1 Å². The Morgan fingerprint density at radius 1 is 1.09 bits per heavy atom. The minimum atomic E-state index is -0.724. The van der Waals surface area contributed by atoms with E-state index in [1.165, 1.54) is 19.3 Å². The highest BCUT2D eigenvalue weighted by molar-refractivity contribution is 5.81. The van der Waals surface area contributed by atoms with Crippen LogP contribution in [0.3, 0.4) is 0 Å². The summed E-state index contributed by atoms with van der Waals surface area (Å²) in [5.41, 5.74) is 1.16. The zero-order valence-corrected chi connectivity index (χ0v) is 19.4. The quantitative estimate of drug-likeness (QED) is 0.672. The molecule has 0 bridgehead atoms. The van der Waals surface area contributed by atoms with Crippen molar-refractivity contribution in [3.63, 3.8) is 0 Å². The standard InChI is InChI=1S/C25H39N3O4/c1-31-23-10-6-5-9-21(23)28-17-15-27(16-18-28)14-13-20-11-12-22(29)24(32-20)25(30)26-19-7-3-2-4-8-19/h5-6,9-10,19-20,22,24,29H,2-4,7-8,11-18H2,1H3,(H,26,30). The van der Waals surface area contributed by atoms with E-state index in [1.54, 1.807) is 7.11 Å². The number of anilines is 1. The third-order valence-corrected chi connectivity index (χ3v) is 7.25. The van der Waals surface area contributed by atoms with Gasteiger partial charge >= 0.3 is 0 Å². The Labute approximate surface area is 192 Å². The molecule has 2 aliphatic heterocycles. The van der Waals surface area contributed by atoms with Crippen molar-refractivity contribution in [2.24, 2.45) is 0 Å². The van der Waals surface area contributed by atoms with Crippen molar-refractivity contribution in [1.82, 2.24) is 10.2 Å². The molecule has 0 radical (unpaired) electrons. The number of nitrogens with zero attached hydrogens (tertiary/aromatic N) is 2. The van der Waals surface area contributed by atoms with Crippen LogP contribution >= 0.6 is 0 Å². The number of ether oxygens (including phenoxy) is 2. The monoisotopic (exact) mass is 445 g/mol. The lowest BCUT2D eigenvalue weighted by atomic mass is 9.94. The van der Waals surface area contributed by atoms with Crippen LogP contribution in [-0.4, -0.2) is 80.1 Å². The molecule has 3 aliphatic rings. The molecule has 2 saturated heterocycles. The average molecular weight is 446 g/mol. The van der Waals surface area contributed by atoms with Crippen LogP contribution in [0.5, 0.6) is 5.75 Å². The second-order valence-corrected chi connectivity index (χ2v) is 9.46. The normalized spacial score (nSPS) is 27.8. The number of para-hydroxylation sites is 2.